The van der Waals surface area contributed by atoms with E-state index in [0.29, 0.717) is 29.7 Å². The molecule has 2 fully saturated rings. The Labute approximate surface area is 416 Å². The minimum Gasteiger partial charge on any atom is -0.351 e. The molecule has 0 aliphatic heterocycles. The molecule has 4 heterocycles. The van der Waals surface area contributed by atoms with Crippen molar-refractivity contribution in [2.24, 2.45) is 5.73 Å². The predicted molar refractivity (Wildman–Crippen MR) is 290 cm³/mol. The summed E-state index contributed by atoms with van der Waals surface area (Å²) in [6.07, 6.45) is 17.3. The van der Waals surface area contributed by atoms with Crippen LogP contribution in [0.5, 0.6) is 0 Å². The van der Waals surface area contributed by atoms with Gasteiger partial charge in [-0.05, 0) is 121 Å². The zero-order valence-corrected chi connectivity index (χ0v) is 40.8. The molecular formula is C58H62N10O2S. The van der Waals surface area contributed by atoms with Crippen molar-refractivity contribution in [1.82, 2.24) is 39.0 Å². The van der Waals surface area contributed by atoms with Crippen LogP contribution in [0.15, 0.2) is 151 Å². The van der Waals surface area contributed by atoms with Gasteiger partial charge in [-0.3, -0.25) is 9.13 Å². The van der Waals surface area contributed by atoms with Crippen LogP contribution in [-0.4, -0.2) is 65.8 Å². The highest BCUT2D eigenvalue weighted by atomic mass is 32.2. The fourth-order valence-electron chi connectivity index (χ4n) is 9.62. The highest BCUT2D eigenvalue weighted by molar-refractivity contribution is 7.90. The Bertz CT molecular complexity index is 3590. The second kappa shape index (κ2) is 21.3. The number of hydrogen-bond acceptors (Lipinski definition) is 10. The summed E-state index contributed by atoms with van der Waals surface area (Å²) in [6.45, 7) is 4.12. The zero-order valence-electron chi connectivity index (χ0n) is 40.0. The number of anilines is 1. The largest absolute Gasteiger partial charge is 0.351 e. The van der Waals surface area contributed by atoms with Gasteiger partial charge in [0.2, 0.25) is 20.9 Å². The molecule has 12 nitrogen and oxygen atoms in total. The molecule has 0 atom stereocenters. The summed E-state index contributed by atoms with van der Waals surface area (Å²) in [4.78, 5) is 27.6. The third-order valence-corrected chi connectivity index (χ3v) is 14.1. The second-order valence-corrected chi connectivity index (χ2v) is 20.6. The van der Waals surface area contributed by atoms with Gasteiger partial charge in [0, 0.05) is 41.9 Å². The topological polar surface area (TPSA) is 159 Å². The minimum absolute atomic E-state index is 0. The molecule has 71 heavy (non-hydrogen) atoms. The standard InChI is InChI=1S/C28H27N5.C23H18N4O2S.C6H13N.CH4/c1-19-11-14-24-25(17-19)33(26-15-16-29-28(32-26)30-23-9-3-2-4-10-23)27(31-24)22-13-12-20-7-5-6-8-21(20)18-22;1-15-7-10-19-20(13-15)27(21-11-12-24-23(26-21)30(2,28)29)22(25-19)18-9-8-16-5-3-4-6-17(16)14-18;7-6-4-2-1-3-5-6;/h5-8,11-18,23H,2-4,9-10H2,1H3,(H,29,30,32);3-14H,1-2H3;6H,1-5,7H2;1H4. The van der Waals surface area contributed by atoms with Gasteiger partial charge in [-0.15, -0.1) is 0 Å². The van der Waals surface area contributed by atoms with Crippen LogP contribution in [0.25, 0.3) is 78.0 Å². The van der Waals surface area contributed by atoms with E-state index in [4.69, 9.17) is 20.7 Å². The van der Waals surface area contributed by atoms with Crippen LogP contribution in [0.2, 0.25) is 0 Å². The van der Waals surface area contributed by atoms with E-state index in [1.165, 1.54) is 86.7 Å². The van der Waals surface area contributed by atoms with E-state index in [9.17, 15) is 8.42 Å². The number of aryl methyl sites for hydroxylation is 2. The van der Waals surface area contributed by atoms with Crippen LogP contribution in [0.1, 0.15) is 82.8 Å². The Hall–Kier alpha value is -7.35. The Balaban J connectivity index is 0.000000153. The average Bonchev–Trinajstić information content (AvgIpc) is 3.95. The van der Waals surface area contributed by atoms with Gasteiger partial charge in [0.25, 0.3) is 0 Å². The molecule has 0 bridgehead atoms. The van der Waals surface area contributed by atoms with E-state index >= 15 is 0 Å². The molecule has 13 heteroatoms. The van der Waals surface area contributed by atoms with Crippen LogP contribution in [0, 0.1) is 13.8 Å². The fourth-order valence-corrected chi connectivity index (χ4v) is 10.1. The molecule has 6 aromatic carbocycles. The highest BCUT2D eigenvalue weighted by Crippen LogP contribution is 2.33. The average molecular weight is 963 g/mol. The fraction of sp³-hybridized carbons (Fsp3) is 0.276. The molecule has 0 radical (unpaired) electrons. The van der Waals surface area contributed by atoms with Gasteiger partial charge in [-0.1, -0.05) is 131 Å². The molecular weight excluding hydrogens is 901 g/mol. The lowest BCUT2D eigenvalue weighted by Crippen LogP contribution is -2.23. The van der Waals surface area contributed by atoms with Crippen molar-refractivity contribution in [2.75, 3.05) is 11.6 Å². The second-order valence-electron chi connectivity index (χ2n) is 18.7. The van der Waals surface area contributed by atoms with Crippen molar-refractivity contribution in [3.8, 4) is 34.4 Å². The molecule has 2 aliphatic rings. The smallest absolute Gasteiger partial charge is 0.248 e. The van der Waals surface area contributed by atoms with Gasteiger partial charge in [0.05, 0.1) is 22.1 Å². The summed E-state index contributed by atoms with van der Waals surface area (Å²) in [7, 11) is -3.54. The van der Waals surface area contributed by atoms with E-state index in [1.807, 2.05) is 60.2 Å². The molecule has 2 aliphatic carbocycles. The predicted octanol–water partition coefficient (Wildman–Crippen LogP) is 13.0. The Morgan fingerprint density at radius 2 is 1.01 bits per heavy atom. The molecule has 2 saturated carbocycles. The SMILES string of the molecule is C.Cc1ccc2nc(-c3ccc4ccccc4c3)n(-c3ccnc(NC4CCCCC4)n3)c2c1.Cc1ccc2nc(-c3ccc4ccccc4c3)n(-c3ccnc(S(C)(=O)=O)n3)c2c1.NC1CCCCC1. The van der Waals surface area contributed by atoms with Crippen LogP contribution >= 0.6 is 0 Å². The first-order chi connectivity index (χ1) is 34.0. The molecule has 3 N–H and O–H groups in total. The number of fused-ring (bicyclic) bond motifs is 4. The first-order valence-corrected chi connectivity index (χ1v) is 26.3. The van der Waals surface area contributed by atoms with Crippen LogP contribution in [-0.2, 0) is 9.84 Å². The monoisotopic (exact) mass is 962 g/mol. The molecule has 0 spiro atoms. The van der Waals surface area contributed by atoms with E-state index in [0.717, 1.165) is 67.4 Å². The number of nitrogens with two attached hydrogens (primary N) is 1. The number of nitrogens with one attached hydrogen (secondary N) is 1. The maximum Gasteiger partial charge on any atom is 0.248 e. The van der Waals surface area contributed by atoms with Crippen molar-refractivity contribution in [1.29, 1.82) is 0 Å². The number of hydrogen-bond donors (Lipinski definition) is 2. The molecule has 0 saturated heterocycles. The number of benzene rings is 6. The Morgan fingerprint density at radius 1 is 0.535 bits per heavy atom. The quantitative estimate of drug-likeness (QED) is 0.147. The first-order valence-electron chi connectivity index (χ1n) is 24.4. The summed E-state index contributed by atoms with van der Waals surface area (Å²) in [6, 6.07) is 46.3. The third-order valence-electron chi connectivity index (χ3n) is 13.3. The van der Waals surface area contributed by atoms with Gasteiger partial charge in [0.1, 0.15) is 23.3 Å². The van der Waals surface area contributed by atoms with Gasteiger partial charge in [0.15, 0.2) is 0 Å². The summed E-state index contributed by atoms with van der Waals surface area (Å²) in [5, 5.41) is 8.03. The maximum absolute atomic E-state index is 12.0. The van der Waals surface area contributed by atoms with Crippen molar-refractivity contribution in [3.05, 3.63) is 157 Å². The highest BCUT2D eigenvalue weighted by Gasteiger charge is 2.21. The number of aromatic nitrogens is 8. The molecule has 0 unspecified atom stereocenters. The van der Waals surface area contributed by atoms with Crippen LogP contribution in [0.3, 0.4) is 0 Å². The lowest BCUT2D eigenvalue weighted by molar-refractivity contribution is 0.441. The van der Waals surface area contributed by atoms with Gasteiger partial charge < -0.3 is 11.1 Å². The van der Waals surface area contributed by atoms with Crippen molar-refractivity contribution >= 4 is 59.4 Å². The molecule has 362 valence electrons. The van der Waals surface area contributed by atoms with Crippen molar-refractivity contribution < 1.29 is 8.42 Å². The molecule has 0 amide bonds. The van der Waals surface area contributed by atoms with E-state index in [2.05, 4.69) is 117 Å². The van der Waals surface area contributed by atoms with Crippen LogP contribution in [0.4, 0.5) is 5.95 Å². The number of sulfone groups is 1. The Kier molecular flexibility index (Phi) is 14.6. The van der Waals surface area contributed by atoms with Crippen molar-refractivity contribution in [3.63, 3.8) is 0 Å². The van der Waals surface area contributed by atoms with Crippen LogP contribution < -0.4 is 11.1 Å². The summed E-state index contributed by atoms with van der Waals surface area (Å²) in [5.41, 5.74) is 13.6. The summed E-state index contributed by atoms with van der Waals surface area (Å²) < 4.78 is 28.1. The lowest BCUT2D eigenvalue weighted by Gasteiger charge is -2.22. The van der Waals surface area contributed by atoms with Gasteiger partial charge in [-0.2, -0.15) is 4.98 Å². The minimum atomic E-state index is -3.54. The number of rotatable bonds is 7. The van der Waals surface area contributed by atoms with Gasteiger partial charge >= 0.3 is 0 Å². The zero-order chi connectivity index (χ0) is 48.2. The molecule has 4 aromatic heterocycles. The molecule has 12 rings (SSSR count). The Morgan fingerprint density at radius 3 is 1.51 bits per heavy atom. The lowest BCUT2D eigenvalue weighted by atomic mass is 9.96. The third kappa shape index (κ3) is 11.0. The first kappa shape index (κ1) is 48.7. The maximum atomic E-state index is 12.0. The van der Waals surface area contributed by atoms with E-state index in [-0.39, 0.29) is 12.6 Å². The van der Waals surface area contributed by atoms with Gasteiger partial charge in [-0.25, -0.2) is 33.3 Å². The number of nitrogens with zero attached hydrogens (tertiary/aromatic N) is 8. The molecule has 10 aromatic rings. The van der Waals surface area contributed by atoms with E-state index in [1.54, 1.807) is 6.07 Å². The van der Waals surface area contributed by atoms with Crippen molar-refractivity contribution in [2.45, 2.75) is 103 Å². The van der Waals surface area contributed by atoms with E-state index < -0.39 is 9.84 Å². The summed E-state index contributed by atoms with van der Waals surface area (Å²) >= 11 is 0. The number of imidazole rings is 2. The normalized spacial score (nSPS) is 14.4. The summed E-state index contributed by atoms with van der Waals surface area (Å²) in [5.74, 6) is 3.57.